The first-order valence-electron chi connectivity index (χ1n) is 14.3. The standard InChI is InChI=1S/C33H29N3O7.Na/c1-42-29-15-26(34-30-23(19-5-6-19)3-2-4-24(29)30)31(38)35-11-9-33(10-12-35)16-27(37)25-14-20(7-8-28(25)43-33)21-13-22(32(39)40)18-36(41)17-21;/h2-4,7-8,13-15,17-19H,5-6,9-12,16H2,1H3,(H,39,40);/q;+1/p-1. The second-order valence-electron chi connectivity index (χ2n) is 11.6. The number of hydrogen-bond donors (Lipinski definition) is 0. The number of nitrogens with zero attached hydrogens (tertiary/aromatic N) is 3. The maximum absolute atomic E-state index is 13.6. The summed E-state index contributed by atoms with van der Waals surface area (Å²) in [5, 5.41) is 24.1. The summed E-state index contributed by atoms with van der Waals surface area (Å²) in [7, 11) is 1.60. The van der Waals surface area contributed by atoms with Gasteiger partial charge in [-0.05, 0) is 54.2 Å². The molecule has 4 aromatic rings. The Hall–Kier alpha value is -3.99. The van der Waals surface area contributed by atoms with Gasteiger partial charge in [-0.3, -0.25) is 9.59 Å². The fraction of sp³-hybridized carbons (Fsp3) is 0.303. The van der Waals surface area contributed by atoms with E-state index in [0.29, 0.717) is 70.5 Å². The number of rotatable bonds is 5. The van der Waals surface area contributed by atoms with Crippen molar-refractivity contribution in [3.63, 3.8) is 0 Å². The number of para-hydroxylation sites is 1. The van der Waals surface area contributed by atoms with Gasteiger partial charge in [0.2, 0.25) is 0 Å². The molecule has 1 spiro atoms. The van der Waals surface area contributed by atoms with Gasteiger partial charge in [0.05, 0.1) is 36.1 Å². The van der Waals surface area contributed by atoms with Gasteiger partial charge in [0.25, 0.3) is 5.91 Å². The van der Waals surface area contributed by atoms with Crippen molar-refractivity contribution >= 4 is 28.6 Å². The number of aromatic carboxylic acids is 1. The van der Waals surface area contributed by atoms with Crippen LogP contribution in [0.1, 0.15) is 74.8 Å². The van der Waals surface area contributed by atoms with Crippen molar-refractivity contribution in [2.24, 2.45) is 0 Å². The number of piperidine rings is 1. The van der Waals surface area contributed by atoms with Crippen molar-refractivity contribution in [2.75, 3.05) is 20.2 Å². The number of benzene rings is 2. The zero-order valence-electron chi connectivity index (χ0n) is 24.5. The van der Waals surface area contributed by atoms with Crippen LogP contribution in [0.2, 0.25) is 0 Å². The third kappa shape index (κ3) is 5.42. The molecule has 0 bridgehead atoms. The number of carbonyl (C=O) groups is 3. The molecule has 10 nitrogen and oxygen atoms in total. The van der Waals surface area contributed by atoms with Crippen LogP contribution in [0.5, 0.6) is 11.5 Å². The second-order valence-corrected chi connectivity index (χ2v) is 11.6. The Kier molecular flexibility index (Phi) is 7.85. The Balaban J connectivity index is 0.00000343. The van der Waals surface area contributed by atoms with Crippen molar-refractivity contribution in [1.82, 2.24) is 9.88 Å². The van der Waals surface area contributed by atoms with Crippen LogP contribution >= 0.6 is 0 Å². The van der Waals surface area contributed by atoms with Crippen molar-refractivity contribution in [3.8, 4) is 22.6 Å². The van der Waals surface area contributed by atoms with Gasteiger partial charge in [-0.1, -0.05) is 18.2 Å². The van der Waals surface area contributed by atoms with Gasteiger partial charge in [-0.2, -0.15) is 4.73 Å². The molecule has 44 heavy (non-hydrogen) atoms. The third-order valence-corrected chi connectivity index (χ3v) is 8.75. The molecule has 0 N–H and O–H groups in total. The Morgan fingerprint density at radius 3 is 2.55 bits per heavy atom. The number of carboxylic acid groups (broad SMARTS) is 1. The number of hydrogen-bond acceptors (Lipinski definition) is 8. The molecule has 2 aromatic heterocycles. The zero-order chi connectivity index (χ0) is 29.9. The molecule has 4 heterocycles. The largest absolute Gasteiger partial charge is 1.00 e. The van der Waals surface area contributed by atoms with E-state index in [1.165, 1.54) is 12.3 Å². The van der Waals surface area contributed by atoms with E-state index in [9.17, 15) is 24.7 Å². The van der Waals surface area contributed by atoms with E-state index in [1.54, 1.807) is 36.3 Å². The van der Waals surface area contributed by atoms with Crippen LogP contribution in [0, 0.1) is 5.21 Å². The first kappa shape index (κ1) is 30.1. The van der Waals surface area contributed by atoms with Gasteiger partial charge in [0.1, 0.15) is 22.8 Å². The minimum Gasteiger partial charge on any atom is -0.619 e. The topological polar surface area (TPSA) is 136 Å². The summed E-state index contributed by atoms with van der Waals surface area (Å²) in [4.78, 5) is 44.8. The number of amides is 1. The minimum atomic E-state index is -1.46. The Morgan fingerprint density at radius 2 is 1.84 bits per heavy atom. The second kappa shape index (κ2) is 11.5. The number of ketones is 1. The molecule has 218 valence electrons. The van der Waals surface area contributed by atoms with Crippen LogP contribution < -0.4 is 48.9 Å². The van der Waals surface area contributed by atoms with Gasteiger partial charge in [-0.15, -0.1) is 0 Å². The molecule has 1 saturated carbocycles. The molecule has 11 heteroatoms. The van der Waals surface area contributed by atoms with E-state index in [1.807, 2.05) is 12.1 Å². The average Bonchev–Trinajstić information content (AvgIpc) is 3.85. The van der Waals surface area contributed by atoms with E-state index in [-0.39, 0.29) is 53.2 Å². The number of ether oxygens (including phenoxy) is 2. The molecule has 1 aliphatic carbocycles. The number of Topliss-reactive ketones (excluding diaryl/α,β-unsaturated/α-hetero) is 1. The summed E-state index contributed by atoms with van der Waals surface area (Å²) in [6.07, 6.45) is 5.51. The summed E-state index contributed by atoms with van der Waals surface area (Å²) < 4.78 is 12.5. The maximum atomic E-state index is 13.6. The van der Waals surface area contributed by atoms with Gasteiger partial charge in [0.15, 0.2) is 18.2 Å². The molecule has 0 unspecified atom stereocenters. The van der Waals surface area contributed by atoms with Crippen LogP contribution in [-0.4, -0.2) is 53.3 Å². The number of carbonyl (C=O) groups excluding carboxylic acids is 3. The minimum absolute atomic E-state index is 0. The first-order chi connectivity index (χ1) is 20.7. The van der Waals surface area contributed by atoms with Crippen molar-refractivity contribution in [1.29, 1.82) is 0 Å². The number of pyridine rings is 2. The predicted octanol–water partition coefficient (Wildman–Crippen LogP) is 0.429. The monoisotopic (exact) mass is 601 g/mol. The zero-order valence-corrected chi connectivity index (χ0v) is 26.5. The number of methoxy groups -OCH3 is 1. The van der Waals surface area contributed by atoms with Crippen LogP contribution in [-0.2, 0) is 0 Å². The first-order valence-corrected chi connectivity index (χ1v) is 14.3. The summed E-state index contributed by atoms with van der Waals surface area (Å²) in [6, 6.07) is 14.1. The molecule has 0 atom stereocenters. The molecular weight excluding hydrogens is 573 g/mol. The van der Waals surface area contributed by atoms with Gasteiger partial charge < -0.3 is 29.5 Å². The van der Waals surface area contributed by atoms with Gasteiger partial charge >= 0.3 is 29.6 Å². The van der Waals surface area contributed by atoms with Gasteiger partial charge in [-0.25, -0.2) is 4.98 Å². The quantitative estimate of drug-likeness (QED) is 0.183. The van der Waals surface area contributed by atoms with E-state index >= 15 is 0 Å². The van der Waals surface area contributed by atoms with E-state index in [4.69, 9.17) is 14.5 Å². The molecule has 1 saturated heterocycles. The molecule has 3 aliphatic rings. The molecule has 1 amide bonds. The average molecular weight is 602 g/mol. The number of likely N-dealkylation sites (tertiary alicyclic amines) is 1. The molecule has 2 aromatic carbocycles. The molecule has 2 aliphatic heterocycles. The molecular formula is C33H28N3NaO7. The molecule has 7 rings (SSSR count). The SMILES string of the molecule is COc1cc(C(=O)N2CCC3(CC2)CC(=O)c2cc(-c4cc(C(=O)[O-])c[n+]([O-])c4)ccc2O3)nc2c(C3CC3)cccc12.[Na+]. The summed E-state index contributed by atoms with van der Waals surface area (Å²) in [5.74, 6) is -0.229. The van der Waals surface area contributed by atoms with Gasteiger partial charge in [0, 0.05) is 42.9 Å². The Labute approximate surface area is 275 Å². The number of fused-ring (bicyclic) bond motifs is 2. The van der Waals surface area contributed by atoms with Crippen molar-refractivity contribution < 1.29 is 63.3 Å². The normalized spacial score (nSPS) is 17.0. The third-order valence-electron chi connectivity index (χ3n) is 8.75. The fourth-order valence-corrected chi connectivity index (χ4v) is 6.30. The Bertz CT molecular complexity index is 1830. The number of carboxylic acids is 1. The van der Waals surface area contributed by atoms with Crippen molar-refractivity contribution in [2.45, 2.75) is 43.6 Å². The van der Waals surface area contributed by atoms with E-state index in [2.05, 4.69) is 6.07 Å². The van der Waals surface area contributed by atoms with Crippen LogP contribution in [0.15, 0.2) is 60.9 Å². The fourth-order valence-electron chi connectivity index (χ4n) is 6.30. The molecule has 2 fully saturated rings. The van der Waals surface area contributed by atoms with Crippen molar-refractivity contribution in [3.05, 3.63) is 88.5 Å². The predicted molar refractivity (Wildman–Crippen MR) is 153 cm³/mol. The Morgan fingerprint density at radius 1 is 1.07 bits per heavy atom. The smallest absolute Gasteiger partial charge is 0.619 e. The van der Waals surface area contributed by atoms with E-state index in [0.717, 1.165) is 35.5 Å². The summed E-state index contributed by atoms with van der Waals surface area (Å²) in [6.45, 7) is 0.816. The van der Waals surface area contributed by atoms with E-state index < -0.39 is 11.6 Å². The number of aromatic nitrogens is 2. The van der Waals surface area contributed by atoms with Crippen LogP contribution in [0.4, 0.5) is 0 Å². The summed E-state index contributed by atoms with van der Waals surface area (Å²) in [5.41, 5.74) is 2.56. The maximum Gasteiger partial charge on any atom is 1.00 e. The molecule has 0 radical (unpaired) electrons. The van der Waals surface area contributed by atoms with Crippen LogP contribution in [0.3, 0.4) is 0 Å². The van der Waals surface area contributed by atoms with Crippen LogP contribution in [0.25, 0.3) is 22.0 Å². The summed E-state index contributed by atoms with van der Waals surface area (Å²) >= 11 is 0.